The fraction of sp³-hybridized carbons (Fsp3) is 0.429. The largest absolute Gasteiger partial charge is 0.368 e. The Hall–Kier alpha value is -2.44. The predicted octanol–water partition coefficient (Wildman–Crippen LogP) is 1.30. The maximum absolute atomic E-state index is 11.9. The molecule has 0 saturated heterocycles. The number of hydrogen-bond donors (Lipinski definition) is 2. The van der Waals surface area contributed by atoms with E-state index in [0.29, 0.717) is 12.0 Å². The summed E-state index contributed by atoms with van der Waals surface area (Å²) >= 11 is 0. The molecule has 0 heterocycles. The van der Waals surface area contributed by atoms with E-state index in [2.05, 4.69) is 5.32 Å². The first kappa shape index (κ1) is 16.6. The smallest absolute Gasteiger partial charge is 0.269 e. The van der Waals surface area contributed by atoms with Crippen LogP contribution in [-0.4, -0.2) is 22.8 Å². The van der Waals surface area contributed by atoms with Crippen LogP contribution in [0.5, 0.6) is 0 Å². The molecule has 0 aromatic heterocycles. The standard InChI is InChI=1S/C14H19N3O4/c1-2-3-7-12(14(15)19)16-13(18)9-10-5-4-6-11(8-10)17(20)21/h4-6,8,12H,2-3,7,9H2,1H3,(H2,15,19)(H,16,18)/t12-/m1/s1. The molecule has 7 nitrogen and oxygen atoms in total. The van der Waals surface area contributed by atoms with Gasteiger partial charge >= 0.3 is 0 Å². The topological polar surface area (TPSA) is 115 Å². The number of benzene rings is 1. The van der Waals surface area contributed by atoms with Crippen LogP contribution in [0.15, 0.2) is 24.3 Å². The Morgan fingerprint density at radius 1 is 1.43 bits per heavy atom. The van der Waals surface area contributed by atoms with Crippen molar-refractivity contribution in [3.63, 3.8) is 0 Å². The van der Waals surface area contributed by atoms with Crippen LogP contribution in [0.3, 0.4) is 0 Å². The first-order chi connectivity index (χ1) is 9.93. The van der Waals surface area contributed by atoms with Gasteiger partial charge < -0.3 is 11.1 Å². The first-order valence-corrected chi connectivity index (χ1v) is 6.76. The molecular formula is C14H19N3O4. The van der Waals surface area contributed by atoms with Crippen molar-refractivity contribution < 1.29 is 14.5 Å². The summed E-state index contributed by atoms with van der Waals surface area (Å²) < 4.78 is 0. The Morgan fingerprint density at radius 2 is 2.14 bits per heavy atom. The molecule has 0 saturated carbocycles. The van der Waals surface area contributed by atoms with Crippen LogP contribution in [-0.2, 0) is 16.0 Å². The van der Waals surface area contributed by atoms with Gasteiger partial charge in [0.2, 0.25) is 11.8 Å². The van der Waals surface area contributed by atoms with E-state index in [1.165, 1.54) is 18.2 Å². The molecule has 0 spiro atoms. The molecule has 1 aromatic carbocycles. The van der Waals surface area contributed by atoms with Crippen LogP contribution in [0.1, 0.15) is 31.7 Å². The van der Waals surface area contributed by atoms with Crippen molar-refractivity contribution in [1.82, 2.24) is 5.32 Å². The van der Waals surface area contributed by atoms with E-state index in [-0.39, 0.29) is 18.0 Å². The fourth-order valence-corrected chi connectivity index (χ4v) is 1.90. The highest BCUT2D eigenvalue weighted by molar-refractivity contribution is 5.87. The third-order valence-electron chi connectivity index (χ3n) is 3.01. The Morgan fingerprint density at radius 3 is 2.71 bits per heavy atom. The summed E-state index contributed by atoms with van der Waals surface area (Å²) in [5.74, 6) is -0.953. The SMILES string of the molecule is CCCC[C@@H](NC(=O)Cc1cccc([N+](=O)[O-])c1)C(N)=O. The van der Waals surface area contributed by atoms with Gasteiger partial charge in [0, 0.05) is 12.1 Å². The average molecular weight is 293 g/mol. The van der Waals surface area contributed by atoms with Crippen molar-refractivity contribution in [2.75, 3.05) is 0 Å². The van der Waals surface area contributed by atoms with Crippen LogP contribution in [0.25, 0.3) is 0 Å². The molecule has 2 amide bonds. The molecule has 0 aliphatic carbocycles. The predicted molar refractivity (Wildman–Crippen MR) is 77.5 cm³/mol. The molecule has 0 radical (unpaired) electrons. The summed E-state index contributed by atoms with van der Waals surface area (Å²) in [6, 6.07) is 5.14. The number of nitrogens with one attached hydrogen (secondary N) is 1. The molecule has 0 aliphatic rings. The van der Waals surface area contributed by atoms with Gasteiger partial charge in [-0.25, -0.2) is 0 Å². The van der Waals surface area contributed by atoms with E-state index >= 15 is 0 Å². The lowest BCUT2D eigenvalue weighted by atomic mass is 10.1. The number of non-ortho nitro benzene ring substituents is 1. The Bertz CT molecular complexity index is 531. The normalized spacial score (nSPS) is 11.7. The monoisotopic (exact) mass is 293 g/mol. The highest BCUT2D eigenvalue weighted by atomic mass is 16.6. The van der Waals surface area contributed by atoms with Crippen molar-refractivity contribution in [2.24, 2.45) is 5.73 Å². The molecule has 0 bridgehead atoms. The molecule has 1 rings (SSSR count). The Kier molecular flexibility index (Phi) is 6.32. The van der Waals surface area contributed by atoms with Gasteiger partial charge in [-0.3, -0.25) is 19.7 Å². The second kappa shape index (κ2) is 7.98. The van der Waals surface area contributed by atoms with Gasteiger partial charge in [-0.1, -0.05) is 31.9 Å². The van der Waals surface area contributed by atoms with Gasteiger partial charge in [-0.15, -0.1) is 0 Å². The molecule has 3 N–H and O–H groups in total. The molecular weight excluding hydrogens is 274 g/mol. The van der Waals surface area contributed by atoms with Crippen molar-refractivity contribution in [1.29, 1.82) is 0 Å². The maximum atomic E-state index is 11.9. The third-order valence-corrected chi connectivity index (χ3v) is 3.01. The molecule has 0 fully saturated rings. The molecule has 21 heavy (non-hydrogen) atoms. The quantitative estimate of drug-likeness (QED) is 0.555. The Balaban J connectivity index is 2.65. The van der Waals surface area contributed by atoms with Gasteiger partial charge in [0.15, 0.2) is 0 Å². The van der Waals surface area contributed by atoms with E-state index in [9.17, 15) is 19.7 Å². The zero-order valence-electron chi connectivity index (χ0n) is 11.9. The molecule has 7 heteroatoms. The number of nitro groups is 1. The molecule has 114 valence electrons. The fourth-order valence-electron chi connectivity index (χ4n) is 1.90. The molecule has 0 aliphatic heterocycles. The minimum atomic E-state index is -0.698. The number of nitrogens with two attached hydrogens (primary N) is 1. The van der Waals surface area contributed by atoms with Crippen molar-refractivity contribution in [2.45, 2.75) is 38.6 Å². The highest BCUT2D eigenvalue weighted by Crippen LogP contribution is 2.13. The summed E-state index contributed by atoms with van der Waals surface area (Å²) in [6.07, 6.45) is 2.14. The van der Waals surface area contributed by atoms with Crippen LogP contribution in [0.2, 0.25) is 0 Å². The summed E-state index contributed by atoms with van der Waals surface area (Å²) in [7, 11) is 0. The lowest BCUT2D eigenvalue weighted by Crippen LogP contribution is -2.44. The number of amides is 2. The number of rotatable bonds is 8. The minimum Gasteiger partial charge on any atom is -0.368 e. The zero-order valence-corrected chi connectivity index (χ0v) is 11.9. The van der Waals surface area contributed by atoms with E-state index < -0.39 is 16.9 Å². The lowest BCUT2D eigenvalue weighted by molar-refractivity contribution is -0.384. The maximum Gasteiger partial charge on any atom is 0.269 e. The summed E-state index contributed by atoms with van der Waals surface area (Å²) in [6.45, 7) is 1.98. The van der Waals surface area contributed by atoms with E-state index in [4.69, 9.17) is 5.73 Å². The average Bonchev–Trinajstić information content (AvgIpc) is 2.43. The number of primary amides is 1. The number of nitrogens with zero attached hydrogens (tertiary/aromatic N) is 1. The third kappa shape index (κ3) is 5.60. The van der Waals surface area contributed by atoms with Crippen LogP contribution in [0, 0.1) is 10.1 Å². The van der Waals surface area contributed by atoms with Gasteiger partial charge in [0.05, 0.1) is 11.3 Å². The summed E-state index contributed by atoms with van der Waals surface area (Å²) in [5.41, 5.74) is 5.68. The highest BCUT2D eigenvalue weighted by Gasteiger charge is 2.18. The van der Waals surface area contributed by atoms with E-state index in [0.717, 1.165) is 12.8 Å². The van der Waals surface area contributed by atoms with Crippen molar-refractivity contribution in [3.8, 4) is 0 Å². The first-order valence-electron chi connectivity index (χ1n) is 6.76. The zero-order chi connectivity index (χ0) is 15.8. The second-order valence-corrected chi connectivity index (χ2v) is 4.77. The Labute approximate surface area is 122 Å². The minimum absolute atomic E-state index is 0.0302. The van der Waals surface area contributed by atoms with Crippen LogP contribution >= 0.6 is 0 Å². The number of hydrogen-bond acceptors (Lipinski definition) is 4. The van der Waals surface area contributed by atoms with Gasteiger partial charge in [-0.05, 0) is 12.0 Å². The van der Waals surface area contributed by atoms with Crippen LogP contribution < -0.4 is 11.1 Å². The van der Waals surface area contributed by atoms with Crippen molar-refractivity contribution >= 4 is 17.5 Å². The second-order valence-electron chi connectivity index (χ2n) is 4.77. The van der Waals surface area contributed by atoms with Gasteiger partial charge in [-0.2, -0.15) is 0 Å². The molecule has 0 unspecified atom stereocenters. The number of nitro benzene ring substituents is 1. The van der Waals surface area contributed by atoms with Crippen LogP contribution in [0.4, 0.5) is 5.69 Å². The van der Waals surface area contributed by atoms with Gasteiger partial charge in [0.1, 0.15) is 6.04 Å². The molecule has 1 atom stereocenters. The van der Waals surface area contributed by atoms with Crippen molar-refractivity contribution in [3.05, 3.63) is 39.9 Å². The van der Waals surface area contributed by atoms with E-state index in [1.54, 1.807) is 6.07 Å². The number of carbonyl (C=O) groups is 2. The van der Waals surface area contributed by atoms with E-state index in [1.807, 2.05) is 6.92 Å². The lowest BCUT2D eigenvalue weighted by Gasteiger charge is -2.15. The number of carbonyl (C=O) groups excluding carboxylic acids is 2. The number of unbranched alkanes of at least 4 members (excludes halogenated alkanes) is 1. The summed E-state index contributed by atoms with van der Waals surface area (Å²) in [4.78, 5) is 33.3. The summed E-state index contributed by atoms with van der Waals surface area (Å²) in [5, 5.41) is 13.2. The molecule has 1 aromatic rings. The van der Waals surface area contributed by atoms with Gasteiger partial charge in [0.25, 0.3) is 5.69 Å².